The largest absolute Gasteiger partial charge is 0.312 e. The maximum absolute atomic E-state index is 3.76. The van der Waals surface area contributed by atoms with E-state index in [0.29, 0.717) is 11.5 Å². The van der Waals surface area contributed by atoms with E-state index >= 15 is 0 Å². The second kappa shape index (κ2) is 5.71. The molecule has 0 aromatic heterocycles. The van der Waals surface area contributed by atoms with Crippen molar-refractivity contribution in [3.8, 4) is 0 Å². The number of likely N-dealkylation sites (N-methyl/N-ethyl adjacent to an activating group) is 1. The van der Waals surface area contributed by atoms with Crippen LogP contribution in [0.4, 0.5) is 0 Å². The summed E-state index contributed by atoms with van der Waals surface area (Å²) >= 11 is 0. The van der Waals surface area contributed by atoms with Crippen molar-refractivity contribution in [1.29, 1.82) is 0 Å². The Bertz CT molecular complexity index is 229. The standard InChI is InChI=1S/C15H30N2/c1-4-16-14-13(9-10-15(14,2)3)17-11-7-5-6-8-12-17/h13-14,16H,4-12H2,1-3H3. The van der Waals surface area contributed by atoms with Gasteiger partial charge in [0.05, 0.1) is 0 Å². The van der Waals surface area contributed by atoms with E-state index in [1.54, 1.807) is 0 Å². The number of hydrogen-bond donors (Lipinski definition) is 1. The van der Waals surface area contributed by atoms with Crippen LogP contribution < -0.4 is 5.32 Å². The zero-order valence-corrected chi connectivity index (χ0v) is 12.0. The molecule has 0 bridgehead atoms. The molecule has 17 heavy (non-hydrogen) atoms. The minimum Gasteiger partial charge on any atom is -0.312 e. The molecule has 100 valence electrons. The van der Waals surface area contributed by atoms with Crippen molar-refractivity contribution >= 4 is 0 Å². The molecule has 2 nitrogen and oxygen atoms in total. The Kier molecular flexibility index (Phi) is 4.48. The van der Waals surface area contributed by atoms with Gasteiger partial charge in [0, 0.05) is 12.1 Å². The highest BCUT2D eigenvalue weighted by Crippen LogP contribution is 2.40. The van der Waals surface area contributed by atoms with Crippen LogP contribution in [-0.4, -0.2) is 36.6 Å². The van der Waals surface area contributed by atoms with Gasteiger partial charge in [-0.2, -0.15) is 0 Å². The monoisotopic (exact) mass is 238 g/mol. The highest BCUT2D eigenvalue weighted by atomic mass is 15.2. The van der Waals surface area contributed by atoms with Crippen molar-refractivity contribution in [3.05, 3.63) is 0 Å². The van der Waals surface area contributed by atoms with E-state index in [2.05, 4.69) is 31.0 Å². The molecule has 1 saturated heterocycles. The van der Waals surface area contributed by atoms with Crippen LogP contribution in [0, 0.1) is 5.41 Å². The van der Waals surface area contributed by atoms with Crippen molar-refractivity contribution in [1.82, 2.24) is 10.2 Å². The quantitative estimate of drug-likeness (QED) is 0.813. The first-order valence-electron chi connectivity index (χ1n) is 7.62. The summed E-state index contributed by atoms with van der Waals surface area (Å²) in [5.41, 5.74) is 0.479. The summed E-state index contributed by atoms with van der Waals surface area (Å²) in [6.07, 6.45) is 8.49. The molecule has 0 aromatic carbocycles. The molecule has 1 aliphatic heterocycles. The fourth-order valence-electron chi connectivity index (χ4n) is 3.82. The van der Waals surface area contributed by atoms with Crippen molar-refractivity contribution < 1.29 is 0 Å². The van der Waals surface area contributed by atoms with Gasteiger partial charge in [0.25, 0.3) is 0 Å². The van der Waals surface area contributed by atoms with Gasteiger partial charge in [0.1, 0.15) is 0 Å². The van der Waals surface area contributed by atoms with E-state index in [-0.39, 0.29) is 0 Å². The first-order valence-corrected chi connectivity index (χ1v) is 7.62. The van der Waals surface area contributed by atoms with Crippen LogP contribution in [0.1, 0.15) is 59.3 Å². The Morgan fingerprint density at radius 3 is 2.35 bits per heavy atom. The molecule has 1 saturated carbocycles. The molecule has 1 heterocycles. The minimum atomic E-state index is 0.479. The lowest BCUT2D eigenvalue weighted by Crippen LogP contribution is -2.52. The average Bonchev–Trinajstić information content (AvgIpc) is 2.52. The molecule has 0 radical (unpaired) electrons. The van der Waals surface area contributed by atoms with Crippen LogP contribution in [0.15, 0.2) is 0 Å². The smallest absolute Gasteiger partial charge is 0.0274 e. The van der Waals surface area contributed by atoms with Crippen LogP contribution >= 0.6 is 0 Å². The van der Waals surface area contributed by atoms with Gasteiger partial charge in [-0.05, 0) is 50.7 Å². The van der Waals surface area contributed by atoms with Gasteiger partial charge >= 0.3 is 0 Å². The Morgan fingerprint density at radius 2 is 1.76 bits per heavy atom. The van der Waals surface area contributed by atoms with Crippen LogP contribution in [-0.2, 0) is 0 Å². The first kappa shape index (κ1) is 13.4. The van der Waals surface area contributed by atoms with Gasteiger partial charge in [0.2, 0.25) is 0 Å². The van der Waals surface area contributed by atoms with Crippen molar-refractivity contribution in [2.45, 2.75) is 71.4 Å². The zero-order chi connectivity index (χ0) is 12.3. The molecular formula is C15H30N2. The summed E-state index contributed by atoms with van der Waals surface area (Å²) in [6.45, 7) is 10.9. The lowest BCUT2D eigenvalue weighted by atomic mass is 9.86. The average molecular weight is 238 g/mol. The summed E-state index contributed by atoms with van der Waals surface area (Å²) in [6, 6.07) is 1.49. The molecule has 2 rings (SSSR count). The van der Waals surface area contributed by atoms with Gasteiger partial charge in [-0.25, -0.2) is 0 Å². The third-order valence-corrected chi connectivity index (χ3v) is 4.84. The summed E-state index contributed by atoms with van der Waals surface area (Å²) in [5, 5.41) is 3.76. The van der Waals surface area contributed by atoms with E-state index in [9.17, 15) is 0 Å². The number of nitrogens with one attached hydrogen (secondary N) is 1. The van der Waals surface area contributed by atoms with Crippen molar-refractivity contribution in [3.63, 3.8) is 0 Å². The SMILES string of the molecule is CCNC1C(N2CCCCCC2)CCC1(C)C. The topological polar surface area (TPSA) is 15.3 Å². The summed E-state index contributed by atoms with van der Waals surface area (Å²) < 4.78 is 0. The van der Waals surface area contributed by atoms with E-state index in [1.165, 1.54) is 51.6 Å². The minimum absolute atomic E-state index is 0.479. The molecule has 1 N–H and O–H groups in total. The van der Waals surface area contributed by atoms with Crippen molar-refractivity contribution in [2.75, 3.05) is 19.6 Å². The van der Waals surface area contributed by atoms with E-state index in [1.807, 2.05) is 0 Å². The Balaban J connectivity index is 2.02. The number of rotatable bonds is 3. The van der Waals surface area contributed by atoms with Gasteiger partial charge in [-0.1, -0.05) is 33.6 Å². The predicted molar refractivity (Wildman–Crippen MR) is 74.3 cm³/mol. The van der Waals surface area contributed by atoms with Gasteiger partial charge in [0.15, 0.2) is 0 Å². The molecule has 0 aromatic rings. The van der Waals surface area contributed by atoms with Gasteiger partial charge in [-0.15, -0.1) is 0 Å². The molecule has 2 heteroatoms. The third-order valence-electron chi connectivity index (χ3n) is 4.84. The Morgan fingerprint density at radius 1 is 1.12 bits per heavy atom. The highest BCUT2D eigenvalue weighted by molar-refractivity contribution is 5.01. The van der Waals surface area contributed by atoms with Crippen LogP contribution in [0.25, 0.3) is 0 Å². The molecule has 2 aliphatic rings. The van der Waals surface area contributed by atoms with Crippen LogP contribution in [0.3, 0.4) is 0 Å². The number of nitrogens with zero attached hydrogens (tertiary/aromatic N) is 1. The molecule has 0 amide bonds. The fourth-order valence-corrected chi connectivity index (χ4v) is 3.82. The molecule has 0 spiro atoms. The maximum Gasteiger partial charge on any atom is 0.0274 e. The normalized spacial score (nSPS) is 34.8. The van der Waals surface area contributed by atoms with E-state index in [4.69, 9.17) is 0 Å². The van der Waals surface area contributed by atoms with Crippen molar-refractivity contribution in [2.24, 2.45) is 5.41 Å². The number of hydrogen-bond acceptors (Lipinski definition) is 2. The van der Waals surface area contributed by atoms with Gasteiger partial charge in [-0.3, -0.25) is 4.90 Å². The first-order chi connectivity index (χ1) is 8.15. The fraction of sp³-hybridized carbons (Fsp3) is 1.00. The third kappa shape index (κ3) is 3.03. The van der Waals surface area contributed by atoms with E-state index in [0.717, 1.165) is 12.6 Å². The molecule has 2 atom stereocenters. The molecule has 2 fully saturated rings. The van der Waals surface area contributed by atoms with Crippen LogP contribution in [0.5, 0.6) is 0 Å². The second-order valence-electron chi connectivity index (χ2n) is 6.58. The molecular weight excluding hydrogens is 208 g/mol. The zero-order valence-electron chi connectivity index (χ0n) is 12.0. The predicted octanol–water partition coefficient (Wildman–Crippen LogP) is 3.03. The Hall–Kier alpha value is -0.0800. The lowest BCUT2D eigenvalue weighted by molar-refractivity contribution is 0.149. The molecule has 2 unspecified atom stereocenters. The summed E-state index contributed by atoms with van der Waals surface area (Å²) in [5.74, 6) is 0. The van der Waals surface area contributed by atoms with Crippen LogP contribution in [0.2, 0.25) is 0 Å². The highest BCUT2D eigenvalue weighted by Gasteiger charge is 2.43. The van der Waals surface area contributed by atoms with E-state index < -0.39 is 0 Å². The van der Waals surface area contributed by atoms with Gasteiger partial charge < -0.3 is 5.32 Å². The Labute approximate surface area is 107 Å². The summed E-state index contributed by atoms with van der Waals surface area (Å²) in [4.78, 5) is 2.79. The second-order valence-corrected chi connectivity index (χ2v) is 6.58. The summed E-state index contributed by atoms with van der Waals surface area (Å²) in [7, 11) is 0. The molecule has 1 aliphatic carbocycles. The number of likely N-dealkylation sites (tertiary alicyclic amines) is 1. The lowest BCUT2D eigenvalue weighted by Gasteiger charge is -2.37. The maximum atomic E-state index is 3.76.